The summed E-state index contributed by atoms with van der Waals surface area (Å²) in [6.07, 6.45) is 1.63. The summed E-state index contributed by atoms with van der Waals surface area (Å²) in [5.41, 5.74) is 1.30. The number of carboxylic acid groups (broad SMARTS) is 1. The first-order valence-corrected chi connectivity index (χ1v) is 8.40. The highest BCUT2D eigenvalue weighted by Gasteiger charge is 2.38. The van der Waals surface area contributed by atoms with Crippen molar-refractivity contribution in [2.75, 3.05) is 13.1 Å². The molecule has 116 valence electrons. The molecule has 0 spiro atoms. The van der Waals surface area contributed by atoms with Crippen molar-refractivity contribution in [3.8, 4) is 0 Å². The van der Waals surface area contributed by atoms with Crippen molar-refractivity contribution in [2.45, 2.75) is 18.2 Å². The maximum atomic E-state index is 12.8. The van der Waals surface area contributed by atoms with Crippen LogP contribution in [0.3, 0.4) is 0 Å². The molecule has 1 aliphatic rings. The average molecular weight is 320 g/mol. The molecule has 1 aromatic heterocycles. The standard InChI is InChI=1S/C15H16N2O4S/c1-10-4-5-13-12(3-2-6-16-13)15(10)22(20,21)17-8-11(9-17)7-14(18)19/h2-6,11H,7-9H2,1H3,(H,18,19). The average Bonchev–Trinajstić information content (AvgIpc) is 2.41. The molecular weight excluding hydrogens is 304 g/mol. The van der Waals surface area contributed by atoms with Gasteiger partial charge in [0.2, 0.25) is 10.0 Å². The number of nitrogens with zero attached hydrogens (tertiary/aromatic N) is 2. The quantitative estimate of drug-likeness (QED) is 0.925. The minimum atomic E-state index is -3.63. The Bertz CT molecular complexity index is 842. The Morgan fingerprint density at radius 1 is 1.36 bits per heavy atom. The molecule has 0 amide bonds. The second kappa shape index (κ2) is 5.33. The van der Waals surface area contributed by atoms with Crippen LogP contribution in [0.15, 0.2) is 35.4 Å². The van der Waals surface area contributed by atoms with Gasteiger partial charge in [-0.1, -0.05) is 6.07 Å². The first-order valence-electron chi connectivity index (χ1n) is 6.96. The largest absolute Gasteiger partial charge is 0.481 e. The van der Waals surface area contributed by atoms with E-state index < -0.39 is 16.0 Å². The Hall–Kier alpha value is -1.99. The maximum absolute atomic E-state index is 12.8. The summed E-state index contributed by atoms with van der Waals surface area (Å²) in [6, 6.07) is 7.00. The number of sulfonamides is 1. The third kappa shape index (κ3) is 2.46. The van der Waals surface area contributed by atoms with E-state index in [4.69, 9.17) is 5.11 Å². The molecule has 1 fully saturated rings. The lowest BCUT2D eigenvalue weighted by Crippen LogP contribution is -2.50. The van der Waals surface area contributed by atoms with E-state index in [1.807, 2.05) is 0 Å². The van der Waals surface area contributed by atoms with E-state index in [2.05, 4.69) is 4.98 Å². The van der Waals surface area contributed by atoms with Crippen molar-refractivity contribution in [1.29, 1.82) is 0 Å². The van der Waals surface area contributed by atoms with Gasteiger partial charge in [0.15, 0.2) is 0 Å². The van der Waals surface area contributed by atoms with Gasteiger partial charge in [0.05, 0.1) is 16.8 Å². The molecule has 2 aromatic rings. The number of carbonyl (C=O) groups is 1. The number of rotatable bonds is 4. The Morgan fingerprint density at radius 2 is 2.09 bits per heavy atom. The summed E-state index contributed by atoms with van der Waals surface area (Å²) >= 11 is 0. The lowest BCUT2D eigenvalue weighted by atomic mass is 10.00. The number of aryl methyl sites for hydroxylation is 1. The van der Waals surface area contributed by atoms with Crippen LogP contribution in [0.25, 0.3) is 10.9 Å². The molecule has 7 heteroatoms. The number of hydrogen-bond donors (Lipinski definition) is 1. The second-order valence-corrected chi connectivity index (χ2v) is 7.44. The monoisotopic (exact) mass is 320 g/mol. The molecule has 3 rings (SSSR count). The van der Waals surface area contributed by atoms with E-state index in [1.54, 1.807) is 37.4 Å². The Morgan fingerprint density at radius 3 is 2.77 bits per heavy atom. The Labute approximate surface area is 128 Å². The second-order valence-electron chi connectivity index (χ2n) is 5.57. The van der Waals surface area contributed by atoms with Crippen LogP contribution in [0.1, 0.15) is 12.0 Å². The SMILES string of the molecule is Cc1ccc2ncccc2c1S(=O)(=O)N1CC(CC(=O)O)C1. The Balaban J connectivity index is 1.97. The maximum Gasteiger partial charge on any atom is 0.303 e. The van der Waals surface area contributed by atoms with E-state index in [0.29, 0.717) is 16.5 Å². The van der Waals surface area contributed by atoms with Crippen LogP contribution in [-0.2, 0) is 14.8 Å². The van der Waals surface area contributed by atoms with Crippen LogP contribution in [0.5, 0.6) is 0 Å². The van der Waals surface area contributed by atoms with Gasteiger partial charge in [0, 0.05) is 24.7 Å². The zero-order chi connectivity index (χ0) is 15.9. The van der Waals surface area contributed by atoms with Gasteiger partial charge in [-0.2, -0.15) is 4.31 Å². The van der Waals surface area contributed by atoms with Gasteiger partial charge < -0.3 is 5.11 Å². The molecule has 6 nitrogen and oxygen atoms in total. The molecule has 0 unspecified atom stereocenters. The predicted octanol–water partition coefficient (Wildman–Crippen LogP) is 1.64. The summed E-state index contributed by atoms with van der Waals surface area (Å²) in [7, 11) is -3.63. The molecule has 0 bridgehead atoms. The molecule has 22 heavy (non-hydrogen) atoms. The fourth-order valence-electron chi connectivity index (χ4n) is 2.80. The highest BCUT2D eigenvalue weighted by atomic mass is 32.2. The first kappa shape index (κ1) is 14.9. The molecule has 0 radical (unpaired) electrons. The fraction of sp³-hybridized carbons (Fsp3) is 0.333. The highest BCUT2D eigenvalue weighted by molar-refractivity contribution is 7.89. The van der Waals surface area contributed by atoms with E-state index in [1.165, 1.54) is 4.31 Å². The lowest BCUT2D eigenvalue weighted by Gasteiger charge is -2.37. The number of hydrogen-bond acceptors (Lipinski definition) is 4. The van der Waals surface area contributed by atoms with Crippen LogP contribution >= 0.6 is 0 Å². The van der Waals surface area contributed by atoms with E-state index in [0.717, 1.165) is 0 Å². The zero-order valence-electron chi connectivity index (χ0n) is 12.1. The van der Waals surface area contributed by atoms with Crippen molar-refractivity contribution >= 4 is 26.9 Å². The highest BCUT2D eigenvalue weighted by Crippen LogP contribution is 2.32. The first-order chi connectivity index (χ1) is 10.4. The number of benzene rings is 1. The van der Waals surface area contributed by atoms with Gasteiger partial charge in [0.1, 0.15) is 0 Å². The van der Waals surface area contributed by atoms with Crippen molar-refractivity contribution < 1.29 is 18.3 Å². The van der Waals surface area contributed by atoms with E-state index >= 15 is 0 Å². The molecule has 1 saturated heterocycles. The molecule has 1 N–H and O–H groups in total. The van der Waals surface area contributed by atoms with Crippen molar-refractivity contribution in [1.82, 2.24) is 9.29 Å². The lowest BCUT2D eigenvalue weighted by molar-refractivity contribution is -0.139. The number of aromatic nitrogens is 1. The summed E-state index contributed by atoms with van der Waals surface area (Å²) in [5.74, 6) is -1.01. The number of fused-ring (bicyclic) bond motifs is 1. The minimum absolute atomic E-state index is 0.00208. The van der Waals surface area contributed by atoms with Gasteiger partial charge in [-0.3, -0.25) is 9.78 Å². The van der Waals surface area contributed by atoms with Crippen LogP contribution < -0.4 is 0 Å². The van der Waals surface area contributed by atoms with Gasteiger partial charge >= 0.3 is 5.97 Å². The van der Waals surface area contributed by atoms with Gasteiger partial charge in [0.25, 0.3) is 0 Å². The zero-order valence-corrected chi connectivity index (χ0v) is 12.9. The third-order valence-corrected chi connectivity index (χ3v) is 5.95. The number of carboxylic acids is 1. The van der Waals surface area contributed by atoms with Gasteiger partial charge in [-0.05, 0) is 36.6 Å². The third-order valence-electron chi connectivity index (χ3n) is 3.92. The topological polar surface area (TPSA) is 87.6 Å². The number of aliphatic carboxylic acids is 1. The van der Waals surface area contributed by atoms with Crippen LogP contribution in [0.2, 0.25) is 0 Å². The molecule has 1 aromatic carbocycles. The Kier molecular flexibility index (Phi) is 3.62. The molecule has 0 aliphatic carbocycles. The minimum Gasteiger partial charge on any atom is -0.481 e. The summed E-state index contributed by atoms with van der Waals surface area (Å²) in [6.45, 7) is 2.27. The normalized spacial score (nSPS) is 16.6. The molecule has 0 saturated carbocycles. The van der Waals surface area contributed by atoms with Crippen LogP contribution in [-0.4, -0.2) is 41.9 Å². The fourth-order valence-corrected chi connectivity index (χ4v) is 4.80. The summed E-state index contributed by atoms with van der Waals surface area (Å²) < 4.78 is 27.0. The molecule has 2 heterocycles. The van der Waals surface area contributed by atoms with Gasteiger partial charge in [-0.25, -0.2) is 8.42 Å². The predicted molar refractivity (Wildman–Crippen MR) is 81.0 cm³/mol. The van der Waals surface area contributed by atoms with Crippen molar-refractivity contribution in [3.05, 3.63) is 36.0 Å². The van der Waals surface area contributed by atoms with Crippen molar-refractivity contribution in [3.63, 3.8) is 0 Å². The van der Waals surface area contributed by atoms with Crippen molar-refractivity contribution in [2.24, 2.45) is 5.92 Å². The summed E-state index contributed by atoms with van der Waals surface area (Å²) in [5, 5.41) is 9.37. The molecular formula is C15H16N2O4S. The van der Waals surface area contributed by atoms with E-state index in [9.17, 15) is 13.2 Å². The van der Waals surface area contributed by atoms with Gasteiger partial charge in [-0.15, -0.1) is 0 Å². The summed E-state index contributed by atoms with van der Waals surface area (Å²) in [4.78, 5) is 15.1. The molecule has 0 atom stereocenters. The number of pyridine rings is 1. The smallest absolute Gasteiger partial charge is 0.303 e. The van der Waals surface area contributed by atoms with E-state index in [-0.39, 0.29) is 30.3 Å². The van der Waals surface area contributed by atoms with Crippen LogP contribution in [0, 0.1) is 12.8 Å². The molecule has 1 aliphatic heterocycles. The van der Waals surface area contributed by atoms with Crippen LogP contribution in [0.4, 0.5) is 0 Å².